The Bertz CT molecular complexity index is 355. The van der Waals surface area contributed by atoms with Gasteiger partial charge in [-0.3, -0.25) is 0 Å². The molecule has 102 valence electrons. The number of hydrogen-bond donors (Lipinski definition) is 1. The Morgan fingerprint density at radius 3 is 2.72 bits per heavy atom. The molecule has 1 aromatic heterocycles. The van der Waals surface area contributed by atoms with Gasteiger partial charge in [-0.1, -0.05) is 19.8 Å². The van der Waals surface area contributed by atoms with Gasteiger partial charge in [0.25, 0.3) is 0 Å². The topological polar surface area (TPSA) is 26.0 Å². The molecule has 0 saturated heterocycles. The van der Waals surface area contributed by atoms with E-state index in [4.69, 9.17) is 5.73 Å². The van der Waals surface area contributed by atoms with Gasteiger partial charge >= 0.3 is 0 Å². The Morgan fingerprint density at radius 2 is 2.17 bits per heavy atom. The minimum absolute atomic E-state index is 0.300. The normalized spacial score (nSPS) is 20.2. The van der Waals surface area contributed by atoms with Gasteiger partial charge in [-0.25, -0.2) is 0 Å². The summed E-state index contributed by atoms with van der Waals surface area (Å²) < 4.78 is 0. The Labute approximate surface area is 120 Å². The van der Waals surface area contributed by atoms with Crippen molar-refractivity contribution in [2.75, 3.05) is 5.75 Å². The van der Waals surface area contributed by atoms with Crippen molar-refractivity contribution in [3.8, 4) is 0 Å². The zero-order valence-electron chi connectivity index (χ0n) is 11.5. The van der Waals surface area contributed by atoms with Crippen molar-refractivity contribution in [1.29, 1.82) is 0 Å². The summed E-state index contributed by atoms with van der Waals surface area (Å²) in [5.41, 5.74) is 7.77. The predicted molar refractivity (Wildman–Crippen MR) is 84.5 cm³/mol. The van der Waals surface area contributed by atoms with Crippen molar-refractivity contribution in [2.24, 2.45) is 11.7 Å². The summed E-state index contributed by atoms with van der Waals surface area (Å²) in [5, 5.41) is 2.71. The first kappa shape index (κ1) is 14.4. The molecule has 1 saturated carbocycles. The van der Waals surface area contributed by atoms with Crippen molar-refractivity contribution in [1.82, 2.24) is 0 Å². The summed E-state index contributed by atoms with van der Waals surface area (Å²) in [6.45, 7) is 4.42. The molecule has 1 fully saturated rings. The summed E-state index contributed by atoms with van der Waals surface area (Å²) in [5.74, 6) is 2.25. The van der Waals surface area contributed by atoms with Crippen LogP contribution in [0.3, 0.4) is 0 Å². The monoisotopic (exact) mass is 283 g/mol. The Morgan fingerprint density at radius 1 is 1.44 bits per heavy atom. The number of thioether (sulfide) groups is 1. The summed E-state index contributed by atoms with van der Waals surface area (Å²) in [7, 11) is 0. The summed E-state index contributed by atoms with van der Waals surface area (Å²) in [6.07, 6.45) is 6.82. The number of hydrogen-bond acceptors (Lipinski definition) is 3. The predicted octanol–water partition coefficient (Wildman–Crippen LogP) is 4.76. The molecule has 1 nitrogen and oxygen atoms in total. The van der Waals surface area contributed by atoms with Crippen LogP contribution in [0.1, 0.15) is 54.7 Å². The van der Waals surface area contributed by atoms with E-state index in [-0.39, 0.29) is 0 Å². The van der Waals surface area contributed by atoms with Crippen molar-refractivity contribution < 1.29 is 0 Å². The summed E-state index contributed by atoms with van der Waals surface area (Å²) >= 11 is 3.99. The molecule has 0 aromatic carbocycles. The smallest absolute Gasteiger partial charge is 0.0544 e. The highest BCUT2D eigenvalue weighted by Crippen LogP contribution is 2.40. The number of rotatable bonds is 6. The first-order valence-electron chi connectivity index (χ1n) is 7.13. The standard InChI is InChI=1S/C15H25NS2/c1-3-13(16)15(14-11(2)8-9-17-14)18-10-12-6-4-5-7-12/h8-9,12-13,15H,3-7,10,16H2,1-2H3. The van der Waals surface area contributed by atoms with Gasteiger partial charge < -0.3 is 5.73 Å². The zero-order chi connectivity index (χ0) is 13.0. The summed E-state index contributed by atoms with van der Waals surface area (Å²) in [6, 6.07) is 2.53. The van der Waals surface area contributed by atoms with Crippen LogP contribution in [-0.2, 0) is 0 Å². The SMILES string of the molecule is CCC(N)C(SCC1CCCC1)c1sccc1C. The first-order valence-corrected chi connectivity index (χ1v) is 9.06. The number of nitrogens with two attached hydrogens (primary N) is 1. The second kappa shape index (κ2) is 6.97. The second-order valence-electron chi connectivity index (χ2n) is 5.44. The van der Waals surface area contributed by atoms with Crippen LogP contribution in [-0.4, -0.2) is 11.8 Å². The Hall–Kier alpha value is 0.0100. The molecule has 1 aliphatic carbocycles. The lowest BCUT2D eigenvalue weighted by atomic mass is 10.1. The van der Waals surface area contributed by atoms with Gasteiger partial charge in [0.05, 0.1) is 5.25 Å². The van der Waals surface area contributed by atoms with E-state index in [1.807, 2.05) is 11.3 Å². The van der Waals surface area contributed by atoms with Gasteiger partial charge in [-0.05, 0) is 54.9 Å². The first-order chi connectivity index (χ1) is 8.72. The molecule has 2 unspecified atom stereocenters. The molecule has 2 N–H and O–H groups in total. The van der Waals surface area contributed by atoms with Gasteiger partial charge in [-0.2, -0.15) is 11.8 Å². The fraction of sp³-hybridized carbons (Fsp3) is 0.733. The van der Waals surface area contributed by atoms with Crippen LogP contribution < -0.4 is 5.73 Å². The van der Waals surface area contributed by atoms with Crippen LogP contribution in [0.4, 0.5) is 0 Å². The molecule has 0 amide bonds. The molecule has 1 aliphatic rings. The molecule has 2 atom stereocenters. The molecule has 0 radical (unpaired) electrons. The van der Waals surface area contributed by atoms with Crippen LogP contribution in [0.15, 0.2) is 11.4 Å². The van der Waals surface area contributed by atoms with Crippen LogP contribution in [0, 0.1) is 12.8 Å². The lowest BCUT2D eigenvalue weighted by Crippen LogP contribution is -2.26. The Kier molecular flexibility index (Phi) is 5.58. The van der Waals surface area contributed by atoms with Crippen LogP contribution >= 0.6 is 23.1 Å². The zero-order valence-corrected chi connectivity index (χ0v) is 13.2. The maximum Gasteiger partial charge on any atom is 0.0544 e. The summed E-state index contributed by atoms with van der Waals surface area (Å²) in [4.78, 5) is 1.51. The number of thiophene rings is 1. The maximum absolute atomic E-state index is 6.35. The lowest BCUT2D eigenvalue weighted by molar-refractivity contribution is 0.609. The van der Waals surface area contributed by atoms with Crippen LogP contribution in [0.5, 0.6) is 0 Å². The van der Waals surface area contributed by atoms with Crippen molar-refractivity contribution in [3.05, 3.63) is 21.9 Å². The molecule has 0 bridgehead atoms. The van der Waals surface area contributed by atoms with Crippen LogP contribution in [0.2, 0.25) is 0 Å². The highest BCUT2D eigenvalue weighted by molar-refractivity contribution is 7.99. The average molecular weight is 284 g/mol. The molecule has 1 aromatic rings. The molecule has 18 heavy (non-hydrogen) atoms. The van der Waals surface area contributed by atoms with Crippen LogP contribution in [0.25, 0.3) is 0 Å². The molecular formula is C15H25NS2. The lowest BCUT2D eigenvalue weighted by Gasteiger charge is -2.24. The fourth-order valence-corrected chi connectivity index (χ4v) is 5.64. The molecule has 0 aliphatic heterocycles. The van der Waals surface area contributed by atoms with Gasteiger partial charge in [0.1, 0.15) is 0 Å². The number of aryl methyl sites for hydroxylation is 1. The van der Waals surface area contributed by atoms with Crippen molar-refractivity contribution >= 4 is 23.1 Å². The van der Waals surface area contributed by atoms with Gasteiger partial charge in [0.2, 0.25) is 0 Å². The van der Waals surface area contributed by atoms with Crippen molar-refractivity contribution in [3.63, 3.8) is 0 Å². The minimum atomic E-state index is 0.300. The quantitative estimate of drug-likeness (QED) is 0.814. The molecule has 0 spiro atoms. The van der Waals surface area contributed by atoms with E-state index in [1.54, 1.807) is 0 Å². The largest absolute Gasteiger partial charge is 0.326 e. The van der Waals surface area contributed by atoms with E-state index in [2.05, 4.69) is 37.1 Å². The van der Waals surface area contributed by atoms with E-state index in [9.17, 15) is 0 Å². The van der Waals surface area contributed by atoms with Crippen molar-refractivity contribution in [2.45, 2.75) is 57.2 Å². The third-order valence-corrected chi connectivity index (χ3v) is 6.87. The van der Waals surface area contributed by atoms with E-state index in [0.29, 0.717) is 11.3 Å². The van der Waals surface area contributed by atoms with Gasteiger partial charge in [-0.15, -0.1) is 11.3 Å². The highest BCUT2D eigenvalue weighted by Gasteiger charge is 2.24. The molecule has 2 rings (SSSR count). The third-order valence-electron chi connectivity index (χ3n) is 4.01. The van der Waals surface area contributed by atoms with E-state index in [0.717, 1.165) is 12.3 Å². The molecular weight excluding hydrogens is 258 g/mol. The van der Waals surface area contributed by atoms with E-state index >= 15 is 0 Å². The second-order valence-corrected chi connectivity index (χ2v) is 7.57. The third kappa shape index (κ3) is 3.52. The average Bonchev–Trinajstić information content (AvgIpc) is 3.01. The maximum atomic E-state index is 6.35. The fourth-order valence-electron chi connectivity index (χ4n) is 2.70. The van der Waals surface area contributed by atoms with Gasteiger partial charge in [0, 0.05) is 10.9 Å². The Balaban J connectivity index is 1.99. The van der Waals surface area contributed by atoms with E-state index in [1.165, 1.54) is 41.9 Å². The molecule has 1 heterocycles. The van der Waals surface area contributed by atoms with Gasteiger partial charge in [0.15, 0.2) is 0 Å². The highest BCUT2D eigenvalue weighted by atomic mass is 32.2. The molecule has 3 heteroatoms. The minimum Gasteiger partial charge on any atom is -0.326 e. The van der Waals surface area contributed by atoms with E-state index < -0.39 is 0 Å².